The molecule has 3 rings (SSSR count). The lowest BCUT2D eigenvalue weighted by Gasteiger charge is -2.19. The van der Waals surface area contributed by atoms with Gasteiger partial charge in [-0.25, -0.2) is 9.29 Å². The van der Waals surface area contributed by atoms with Gasteiger partial charge in [0.2, 0.25) is 0 Å². The summed E-state index contributed by atoms with van der Waals surface area (Å²) in [5.41, 5.74) is 5.67. The number of hydrogen-bond donors (Lipinski definition) is 1. The minimum absolute atomic E-state index is 0.00891. The van der Waals surface area contributed by atoms with Crippen LogP contribution >= 0.6 is 11.6 Å². The number of hydrogen-bond acceptors (Lipinski definition) is 4. The summed E-state index contributed by atoms with van der Waals surface area (Å²) in [6.45, 7) is 0. The molecule has 0 unspecified atom stereocenters. The van der Waals surface area contributed by atoms with Gasteiger partial charge >= 0.3 is 0 Å². The van der Waals surface area contributed by atoms with Crippen molar-refractivity contribution >= 4 is 34.8 Å². The van der Waals surface area contributed by atoms with Crippen LogP contribution in [0.25, 0.3) is 0 Å². The number of halogens is 2. The average Bonchev–Trinajstić information content (AvgIpc) is 2.73. The molecular formula is C15H10ClFN2O3. The molecule has 1 aliphatic heterocycles. The molecule has 0 saturated carbocycles. The highest BCUT2D eigenvalue weighted by atomic mass is 35.5. The highest BCUT2D eigenvalue weighted by Crippen LogP contribution is 2.42. The molecule has 0 aromatic heterocycles. The van der Waals surface area contributed by atoms with Gasteiger partial charge in [-0.2, -0.15) is 0 Å². The van der Waals surface area contributed by atoms with Crippen LogP contribution in [0.15, 0.2) is 30.3 Å². The zero-order valence-electron chi connectivity index (χ0n) is 11.4. The van der Waals surface area contributed by atoms with Gasteiger partial charge in [-0.15, -0.1) is 0 Å². The first-order valence-corrected chi connectivity index (χ1v) is 6.64. The van der Waals surface area contributed by atoms with Crippen molar-refractivity contribution in [1.29, 1.82) is 0 Å². The van der Waals surface area contributed by atoms with Gasteiger partial charge < -0.3 is 10.5 Å². The van der Waals surface area contributed by atoms with Crippen molar-refractivity contribution in [2.75, 3.05) is 17.7 Å². The van der Waals surface area contributed by atoms with Gasteiger partial charge in [0.25, 0.3) is 11.8 Å². The van der Waals surface area contributed by atoms with E-state index in [1.165, 1.54) is 19.2 Å². The number of benzene rings is 2. The van der Waals surface area contributed by atoms with E-state index in [-0.39, 0.29) is 33.3 Å². The van der Waals surface area contributed by atoms with E-state index in [1.54, 1.807) is 12.1 Å². The Hall–Kier alpha value is -2.60. The number of fused-ring (bicyclic) bond motifs is 1. The van der Waals surface area contributed by atoms with Gasteiger partial charge in [0.1, 0.15) is 11.4 Å². The first-order valence-electron chi connectivity index (χ1n) is 6.26. The van der Waals surface area contributed by atoms with E-state index in [4.69, 9.17) is 22.1 Å². The molecule has 0 fully saturated rings. The van der Waals surface area contributed by atoms with E-state index in [2.05, 4.69) is 0 Å². The normalized spacial score (nSPS) is 13.5. The van der Waals surface area contributed by atoms with Crippen molar-refractivity contribution < 1.29 is 18.7 Å². The molecule has 0 aliphatic carbocycles. The molecule has 0 saturated heterocycles. The maximum atomic E-state index is 14.3. The van der Waals surface area contributed by atoms with E-state index in [9.17, 15) is 14.0 Å². The zero-order valence-corrected chi connectivity index (χ0v) is 12.1. The van der Waals surface area contributed by atoms with Gasteiger partial charge in [-0.1, -0.05) is 23.7 Å². The summed E-state index contributed by atoms with van der Waals surface area (Å²) in [5.74, 6) is -2.15. The molecule has 0 atom stereocenters. The fourth-order valence-corrected chi connectivity index (χ4v) is 2.71. The van der Waals surface area contributed by atoms with Crippen LogP contribution in [0.2, 0.25) is 5.02 Å². The fourth-order valence-electron chi connectivity index (χ4n) is 2.44. The van der Waals surface area contributed by atoms with Gasteiger partial charge in [-0.05, 0) is 18.2 Å². The molecule has 1 aliphatic rings. The average molecular weight is 321 g/mol. The van der Waals surface area contributed by atoms with Crippen LogP contribution in [0.5, 0.6) is 5.75 Å². The molecular weight excluding hydrogens is 311 g/mol. The topological polar surface area (TPSA) is 72.6 Å². The Kier molecular flexibility index (Phi) is 3.26. The Morgan fingerprint density at radius 2 is 1.73 bits per heavy atom. The molecule has 2 aromatic carbocycles. The first kappa shape index (κ1) is 14.3. The number of nitrogens with two attached hydrogens (primary N) is 1. The second kappa shape index (κ2) is 4.99. The molecule has 0 bridgehead atoms. The van der Waals surface area contributed by atoms with Crippen LogP contribution in [-0.2, 0) is 0 Å². The third-order valence-corrected chi connectivity index (χ3v) is 3.70. The molecule has 0 radical (unpaired) electrons. The van der Waals surface area contributed by atoms with Crippen molar-refractivity contribution in [3.63, 3.8) is 0 Å². The number of ether oxygens (including phenoxy) is 1. The Bertz CT molecular complexity index is 788. The monoisotopic (exact) mass is 320 g/mol. The maximum Gasteiger partial charge on any atom is 0.266 e. The van der Waals surface area contributed by atoms with E-state index in [1.807, 2.05) is 0 Å². The molecule has 2 aromatic rings. The highest BCUT2D eigenvalue weighted by molar-refractivity contribution is 6.36. The Morgan fingerprint density at radius 3 is 2.23 bits per heavy atom. The summed E-state index contributed by atoms with van der Waals surface area (Å²) in [5, 5.41) is -0.0436. The summed E-state index contributed by atoms with van der Waals surface area (Å²) >= 11 is 5.84. The first-order chi connectivity index (χ1) is 10.5. The van der Waals surface area contributed by atoms with Crippen LogP contribution in [0.1, 0.15) is 20.7 Å². The standard InChI is InChI=1S/C15H10ClFN2O3/c1-22-13-9(16)6-10(17)12(11(13)18)19-14(20)7-4-2-3-5-8(7)15(19)21/h2-6H,18H2,1H3. The second-order valence-corrected chi connectivity index (χ2v) is 5.03. The summed E-state index contributed by atoms with van der Waals surface area (Å²) in [4.78, 5) is 25.5. The Labute approximate surface area is 130 Å². The number of amides is 2. The number of nitrogens with zero attached hydrogens (tertiary/aromatic N) is 1. The van der Waals surface area contributed by atoms with Crippen LogP contribution in [0, 0.1) is 5.82 Å². The highest BCUT2D eigenvalue weighted by Gasteiger charge is 2.39. The summed E-state index contributed by atoms with van der Waals surface area (Å²) in [6.07, 6.45) is 0. The van der Waals surface area contributed by atoms with Gasteiger partial charge in [0.05, 0.1) is 23.3 Å². The number of carbonyl (C=O) groups is 2. The van der Waals surface area contributed by atoms with Crippen LogP contribution < -0.4 is 15.4 Å². The molecule has 7 heteroatoms. The quantitative estimate of drug-likeness (QED) is 0.682. The van der Waals surface area contributed by atoms with E-state index in [0.29, 0.717) is 4.90 Å². The molecule has 5 nitrogen and oxygen atoms in total. The van der Waals surface area contributed by atoms with Crippen molar-refractivity contribution in [1.82, 2.24) is 0 Å². The SMILES string of the molecule is COc1c(Cl)cc(F)c(N2C(=O)c3ccccc3C2=O)c1N. The number of nitrogen functional groups attached to an aromatic ring is 1. The van der Waals surface area contributed by atoms with E-state index in [0.717, 1.165) is 6.07 Å². The van der Waals surface area contributed by atoms with Gasteiger partial charge in [0.15, 0.2) is 11.6 Å². The lowest BCUT2D eigenvalue weighted by Crippen LogP contribution is -2.31. The largest absolute Gasteiger partial charge is 0.493 e. The third kappa shape index (κ3) is 1.84. The maximum absolute atomic E-state index is 14.3. The predicted octanol–water partition coefficient (Wildman–Crippen LogP) is 2.87. The number of methoxy groups -OCH3 is 1. The number of anilines is 2. The van der Waals surface area contributed by atoms with E-state index >= 15 is 0 Å². The summed E-state index contributed by atoms with van der Waals surface area (Å²) in [7, 11) is 1.31. The van der Waals surface area contributed by atoms with Crippen LogP contribution in [0.4, 0.5) is 15.8 Å². The third-order valence-electron chi connectivity index (χ3n) is 3.42. The molecule has 112 valence electrons. The van der Waals surface area contributed by atoms with Crippen LogP contribution in [-0.4, -0.2) is 18.9 Å². The number of rotatable bonds is 2. The summed E-state index contributed by atoms with van der Waals surface area (Å²) < 4.78 is 19.3. The van der Waals surface area contributed by atoms with Gasteiger partial charge in [0, 0.05) is 0 Å². The lowest BCUT2D eigenvalue weighted by molar-refractivity contribution is 0.0925. The van der Waals surface area contributed by atoms with Crippen LogP contribution in [0.3, 0.4) is 0 Å². The lowest BCUT2D eigenvalue weighted by atomic mass is 10.1. The molecule has 2 amide bonds. The van der Waals surface area contributed by atoms with Crippen molar-refractivity contribution in [3.8, 4) is 5.75 Å². The van der Waals surface area contributed by atoms with Crippen molar-refractivity contribution in [2.45, 2.75) is 0 Å². The smallest absolute Gasteiger partial charge is 0.266 e. The summed E-state index contributed by atoms with van der Waals surface area (Å²) in [6, 6.07) is 7.19. The Morgan fingerprint density at radius 1 is 1.18 bits per heavy atom. The van der Waals surface area contributed by atoms with Crippen molar-refractivity contribution in [2.24, 2.45) is 0 Å². The predicted molar refractivity (Wildman–Crippen MR) is 80.0 cm³/mol. The zero-order chi connectivity index (χ0) is 16.0. The van der Waals surface area contributed by atoms with Gasteiger partial charge in [-0.3, -0.25) is 9.59 Å². The second-order valence-electron chi connectivity index (χ2n) is 4.63. The van der Waals surface area contributed by atoms with Crippen molar-refractivity contribution in [3.05, 3.63) is 52.3 Å². The molecule has 22 heavy (non-hydrogen) atoms. The number of imide groups is 1. The fraction of sp³-hybridized carbons (Fsp3) is 0.0667. The van der Waals surface area contributed by atoms with E-state index < -0.39 is 17.6 Å². The molecule has 1 heterocycles. The minimum atomic E-state index is -0.877. The minimum Gasteiger partial charge on any atom is -0.493 e. The molecule has 0 spiro atoms. The molecule has 2 N–H and O–H groups in total. The Balaban J connectivity index is 2.22. The number of carbonyl (C=O) groups excluding carboxylic acids is 2.